The first-order valence-corrected chi connectivity index (χ1v) is 9.00. The third-order valence-electron chi connectivity index (χ3n) is 4.25. The second-order valence-electron chi connectivity index (χ2n) is 6.04. The number of aromatic amines is 1. The van der Waals surface area contributed by atoms with Gasteiger partial charge in [-0.1, -0.05) is 0 Å². The van der Waals surface area contributed by atoms with E-state index in [2.05, 4.69) is 10.2 Å². The number of rotatable bonds is 5. The van der Waals surface area contributed by atoms with Gasteiger partial charge in [0.25, 0.3) is 5.91 Å². The van der Waals surface area contributed by atoms with Crippen molar-refractivity contribution >= 4 is 18.0 Å². The number of hydrogen-bond donors (Lipinski definition) is 1. The van der Waals surface area contributed by atoms with E-state index in [1.807, 2.05) is 0 Å². The molecule has 1 N–H and O–H groups in total. The minimum absolute atomic E-state index is 0.190. The summed E-state index contributed by atoms with van der Waals surface area (Å²) in [5, 5.41) is 6.89. The van der Waals surface area contributed by atoms with Crippen molar-refractivity contribution in [1.29, 1.82) is 0 Å². The zero-order valence-electron chi connectivity index (χ0n) is 15.7. The molecule has 1 aromatic carbocycles. The van der Waals surface area contributed by atoms with Crippen molar-refractivity contribution in [2.75, 3.05) is 19.8 Å². The van der Waals surface area contributed by atoms with E-state index in [0.29, 0.717) is 24.1 Å². The number of carbonyl (C=O) groups is 3. The Morgan fingerprint density at radius 2 is 1.82 bits per heavy atom. The first kappa shape index (κ1) is 19.4. The third kappa shape index (κ3) is 4.13. The van der Waals surface area contributed by atoms with Crippen molar-refractivity contribution < 1.29 is 28.6 Å². The maximum Gasteiger partial charge on any atom is 0.513 e. The van der Waals surface area contributed by atoms with Crippen LogP contribution in [0.5, 0.6) is 5.75 Å². The van der Waals surface area contributed by atoms with Gasteiger partial charge in [-0.05, 0) is 38.1 Å². The Labute approximate surface area is 161 Å². The smallest absolute Gasteiger partial charge is 0.461 e. The van der Waals surface area contributed by atoms with Crippen LogP contribution in [0.25, 0.3) is 0 Å². The highest BCUT2D eigenvalue weighted by molar-refractivity contribution is 5.95. The summed E-state index contributed by atoms with van der Waals surface area (Å²) in [5.41, 5.74) is 2.18. The number of nitrogens with zero attached hydrogens (tertiary/aromatic N) is 2. The summed E-state index contributed by atoms with van der Waals surface area (Å²) >= 11 is 0. The number of hydrogen-bond acceptors (Lipinski definition) is 7. The van der Waals surface area contributed by atoms with E-state index in [-0.39, 0.29) is 37.1 Å². The van der Waals surface area contributed by atoms with Crippen molar-refractivity contribution in [3.63, 3.8) is 0 Å². The van der Waals surface area contributed by atoms with Crippen LogP contribution in [0.1, 0.15) is 46.0 Å². The fourth-order valence-electron chi connectivity index (χ4n) is 2.93. The molecule has 1 aromatic heterocycles. The Hall–Kier alpha value is -3.36. The number of esters is 1. The Morgan fingerprint density at radius 1 is 1.11 bits per heavy atom. The normalized spacial score (nSPS) is 12.9. The average Bonchev–Trinajstić information content (AvgIpc) is 3.11. The van der Waals surface area contributed by atoms with Crippen molar-refractivity contribution in [1.82, 2.24) is 15.1 Å². The molecule has 0 saturated heterocycles. The lowest BCUT2D eigenvalue weighted by atomic mass is 10.0. The number of ether oxygens (including phenoxy) is 3. The van der Waals surface area contributed by atoms with Gasteiger partial charge in [-0.25, -0.2) is 9.59 Å². The van der Waals surface area contributed by atoms with Crippen LogP contribution in [0.3, 0.4) is 0 Å². The Balaban J connectivity index is 1.70. The number of nitrogens with one attached hydrogen (secondary N) is 1. The van der Waals surface area contributed by atoms with Crippen LogP contribution in [0.2, 0.25) is 0 Å². The van der Waals surface area contributed by atoms with Crippen LogP contribution in [-0.2, 0) is 22.4 Å². The molecule has 0 bridgehead atoms. The summed E-state index contributed by atoms with van der Waals surface area (Å²) in [7, 11) is 0. The van der Waals surface area contributed by atoms with Crippen LogP contribution in [0.4, 0.5) is 4.79 Å². The molecule has 0 fully saturated rings. The molecule has 0 saturated carbocycles. The van der Waals surface area contributed by atoms with Gasteiger partial charge in [-0.15, -0.1) is 0 Å². The van der Waals surface area contributed by atoms with E-state index in [0.717, 1.165) is 5.69 Å². The fraction of sp³-hybridized carbons (Fsp3) is 0.368. The van der Waals surface area contributed by atoms with Crippen LogP contribution in [0.15, 0.2) is 24.3 Å². The minimum Gasteiger partial charge on any atom is -0.461 e. The van der Waals surface area contributed by atoms with Gasteiger partial charge in [0.2, 0.25) is 0 Å². The highest BCUT2D eigenvalue weighted by Gasteiger charge is 2.28. The van der Waals surface area contributed by atoms with Gasteiger partial charge in [0.15, 0.2) is 5.69 Å². The zero-order valence-corrected chi connectivity index (χ0v) is 15.7. The molecule has 9 nitrogen and oxygen atoms in total. The Kier molecular flexibility index (Phi) is 5.93. The summed E-state index contributed by atoms with van der Waals surface area (Å²) in [6.07, 6.45) is -0.228. The number of fused-ring (bicyclic) bond motifs is 1. The summed E-state index contributed by atoms with van der Waals surface area (Å²) < 4.78 is 14.7. The first-order chi connectivity index (χ1) is 13.5. The molecule has 0 atom stereocenters. The fourth-order valence-corrected chi connectivity index (χ4v) is 2.93. The highest BCUT2D eigenvalue weighted by Crippen LogP contribution is 2.23. The van der Waals surface area contributed by atoms with Gasteiger partial charge in [-0.3, -0.25) is 9.89 Å². The molecule has 1 amide bonds. The van der Waals surface area contributed by atoms with Crippen molar-refractivity contribution in [3.8, 4) is 5.75 Å². The standard InChI is InChI=1S/C19H21N3O6/c1-3-26-18(24)16-14-11-22(10-9-15(14)20-21-16)17(23)12-5-7-13(8-6-12)28-19(25)27-4-2/h5-8H,3-4,9-11H2,1-2H3,(H,20,21). The van der Waals surface area contributed by atoms with Crippen molar-refractivity contribution in [3.05, 3.63) is 46.8 Å². The molecule has 9 heteroatoms. The van der Waals surface area contributed by atoms with E-state index in [4.69, 9.17) is 14.2 Å². The lowest BCUT2D eigenvalue weighted by molar-refractivity contribution is 0.0513. The molecule has 2 aromatic rings. The molecule has 3 rings (SSSR count). The van der Waals surface area contributed by atoms with Crippen LogP contribution < -0.4 is 4.74 Å². The lowest BCUT2D eigenvalue weighted by Gasteiger charge is -2.27. The lowest BCUT2D eigenvalue weighted by Crippen LogP contribution is -2.36. The molecular formula is C19H21N3O6. The molecule has 0 radical (unpaired) electrons. The van der Waals surface area contributed by atoms with Gasteiger partial charge in [0, 0.05) is 29.8 Å². The van der Waals surface area contributed by atoms with Gasteiger partial charge in [-0.2, -0.15) is 5.10 Å². The molecule has 148 valence electrons. The maximum atomic E-state index is 12.8. The van der Waals surface area contributed by atoms with Gasteiger partial charge in [0.05, 0.1) is 19.8 Å². The van der Waals surface area contributed by atoms with Crippen molar-refractivity contribution in [2.45, 2.75) is 26.8 Å². The molecule has 0 spiro atoms. The molecule has 2 heterocycles. The van der Waals surface area contributed by atoms with Gasteiger partial charge >= 0.3 is 12.1 Å². The number of H-pyrrole nitrogens is 1. The van der Waals surface area contributed by atoms with E-state index in [1.54, 1.807) is 30.9 Å². The molecule has 0 aliphatic carbocycles. The average molecular weight is 387 g/mol. The molecular weight excluding hydrogens is 366 g/mol. The van der Waals surface area contributed by atoms with Crippen LogP contribution in [-0.4, -0.2) is 52.9 Å². The Morgan fingerprint density at radius 3 is 2.50 bits per heavy atom. The largest absolute Gasteiger partial charge is 0.513 e. The van der Waals surface area contributed by atoms with E-state index < -0.39 is 12.1 Å². The molecule has 0 unspecified atom stereocenters. The summed E-state index contributed by atoms with van der Waals surface area (Å²) in [5.74, 6) is -0.408. The Bertz CT molecular complexity index is 874. The summed E-state index contributed by atoms with van der Waals surface area (Å²) in [6.45, 7) is 4.64. The predicted molar refractivity (Wildman–Crippen MR) is 97.1 cm³/mol. The molecule has 1 aliphatic rings. The van der Waals surface area contributed by atoms with E-state index in [9.17, 15) is 14.4 Å². The maximum absolute atomic E-state index is 12.8. The third-order valence-corrected chi connectivity index (χ3v) is 4.25. The van der Waals surface area contributed by atoms with Crippen LogP contribution in [0, 0.1) is 0 Å². The van der Waals surface area contributed by atoms with Crippen molar-refractivity contribution in [2.24, 2.45) is 0 Å². The molecule has 1 aliphatic heterocycles. The monoisotopic (exact) mass is 387 g/mol. The second kappa shape index (κ2) is 8.55. The van der Waals surface area contributed by atoms with Gasteiger partial charge < -0.3 is 19.1 Å². The SMILES string of the molecule is CCOC(=O)Oc1ccc(C(=O)N2CCc3[nH]nc(C(=O)OCC)c3C2)cc1. The number of benzene rings is 1. The predicted octanol–water partition coefficient (Wildman–Crippen LogP) is 2.32. The van der Waals surface area contributed by atoms with E-state index in [1.165, 1.54) is 12.1 Å². The minimum atomic E-state index is -0.795. The molecule has 28 heavy (non-hydrogen) atoms. The zero-order chi connectivity index (χ0) is 20.1. The highest BCUT2D eigenvalue weighted by atomic mass is 16.7. The van der Waals surface area contributed by atoms with Crippen LogP contribution >= 0.6 is 0 Å². The second-order valence-corrected chi connectivity index (χ2v) is 6.04. The summed E-state index contributed by atoms with van der Waals surface area (Å²) in [6, 6.07) is 6.21. The number of aromatic nitrogens is 2. The quantitative estimate of drug-likeness (QED) is 0.619. The topological polar surface area (TPSA) is 111 Å². The number of amides is 1. The van der Waals surface area contributed by atoms with Gasteiger partial charge in [0.1, 0.15) is 5.75 Å². The van der Waals surface area contributed by atoms with E-state index >= 15 is 0 Å². The first-order valence-electron chi connectivity index (χ1n) is 9.00. The number of carbonyl (C=O) groups excluding carboxylic acids is 3. The summed E-state index contributed by atoms with van der Waals surface area (Å²) in [4.78, 5) is 37.8.